The zero-order valence-electron chi connectivity index (χ0n) is 8.25. The molecule has 3 nitrogen and oxygen atoms in total. The molecule has 0 saturated heterocycles. The van der Waals surface area contributed by atoms with Crippen LogP contribution in [-0.2, 0) is 12.8 Å². The van der Waals surface area contributed by atoms with Gasteiger partial charge in [-0.25, -0.2) is 0 Å². The molecule has 1 aliphatic rings. The molecule has 3 rings (SSSR count). The molecule has 0 fully saturated rings. The molecule has 1 heterocycles. The number of rotatable bonds is 0. The van der Waals surface area contributed by atoms with Crippen molar-refractivity contribution in [1.82, 2.24) is 4.98 Å². The first kappa shape index (κ1) is 8.51. The van der Waals surface area contributed by atoms with Gasteiger partial charge in [0.15, 0.2) is 0 Å². The van der Waals surface area contributed by atoms with Crippen LogP contribution in [0.5, 0.6) is 0 Å². The maximum Gasteiger partial charge on any atom is 0.0991 e. The Morgan fingerprint density at radius 1 is 1.40 bits per heavy atom. The van der Waals surface area contributed by atoms with Gasteiger partial charge in [0.2, 0.25) is 0 Å². The molecule has 0 bridgehead atoms. The Hall–Kier alpha value is -1.79. The number of nitrogens with one attached hydrogen (secondary N) is 1. The van der Waals surface area contributed by atoms with Gasteiger partial charge in [-0.2, -0.15) is 5.26 Å². The normalized spacial score (nSPS) is 19.1. The summed E-state index contributed by atoms with van der Waals surface area (Å²) in [5, 5.41) is 10.0. The van der Waals surface area contributed by atoms with E-state index in [-0.39, 0.29) is 6.04 Å². The number of hydrogen-bond donors (Lipinski definition) is 2. The number of nitriles is 1. The van der Waals surface area contributed by atoms with E-state index in [0.717, 1.165) is 23.7 Å². The first-order valence-electron chi connectivity index (χ1n) is 5.07. The smallest absolute Gasteiger partial charge is 0.0991 e. The average Bonchev–Trinajstić information content (AvgIpc) is 2.73. The Labute approximate surface area is 87.5 Å². The van der Waals surface area contributed by atoms with Crippen molar-refractivity contribution in [2.24, 2.45) is 5.73 Å². The molecule has 3 heteroatoms. The third-order valence-electron chi connectivity index (χ3n) is 3.06. The number of nitrogens with zero attached hydrogens (tertiary/aromatic N) is 1. The summed E-state index contributed by atoms with van der Waals surface area (Å²) in [5.41, 5.74) is 10.3. The van der Waals surface area contributed by atoms with Crippen LogP contribution in [0.3, 0.4) is 0 Å². The summed E-state index contributed by atoms with van der Waals surface area (Å²) < 4.78 is 0. The largest absolute Gasteiger partial charge is 0.358 e. The lowest BCUT2D eigenvalue weighted by molar-refractivity contribution is 0.716. The van der Waals surface area contributed by atoms with E-state index in [1.54, 1.807) is 0 Å². The number of fused-ring (bicyclic) bond motifs is 3. The number of aromatic amines is 1. The molecule has 0 aliphatic heterocycles. The molecule has 0 amide bonds. The maximum absolute atomic E-state index is 8.85. The van der Waals surface area contributed by atoms with Crippen molar-refractivity contribution in [1.29, 1.82) is 5.26 Å². The van der Waals surface area contributed by atoms with Crippen LogP contribution in [0.4, 0.5) is 0 Å². The SMILES string of the molecule is N#Cc1ccc2[nH]c3c(c2c1)C[C@H](N)C3. The van der Waals surface area contributed by atoms with Gasteiger partial charge in [-0.15, -0.1) is 0 Å². The van der Waals surface area contributed by atoms with Crippen LogP contribution in [0, 0.1) is 11.3 Å². The van der Waals surface area contributed by atoms with Gasteiger partial charge < -0.3 is 10.7 Å². The van der Waals surface area contributed by atoms with Crippen LogP contribution in [-0.4, -0.2) is 11.0 Å². The molecule has 0 radical (unpaired) electrons. The van der Waals surface area contributed by atoms with Gasteiger partial charge in [-0.1, -0.05) is 0 Å². The van der Waals surface area contributed by atoms with Crippen LogP contribution in [0.2, 0.25) is 0 Å². The molecule has 0 spiro atoms. The summed E-state index contributed by atoms with van der Waals surface area (Å²) in [5.74, 6) is 0. The topological polar surface area (TPSA) is 65.6 Å². The number of benzene rings is 1. The highest BCUT2D eigenvalue weighted by atomic mass is 14.8. The fourth-order valence-electron chi connectivity index (χ4n) is 2.38. The van der Waals surface area contributed by atoms with Gasteiger partial charge in [0.1, 0.15) is 0 Å². The molecule has 3 N–H and O–H groups in total. The van der Waals surface area contributed by atoms with Gasteiger partial charge in [-0.05, 0) is 30.2 Å². The Balaban J connectivity index is 2.28. The van der Waals surface area contributed by atoms with Crippen molar-refractivity contribution >= 4 is 10.9 Å². The number of nitrogens with two attached hydrogens (primary N) is 1. The molecule has 2 aromatic rings. The van der Waals surface area contributed by atoms with Crippen molar-refractivity contribution in [3.8, 4) is 6.07 Å². The summed E-state index contributed by atoms with van der Waals surface area (Å²) in [7, 11) is 0. The standard InChI is InChI=1S/C12H11N3/c13-6-7-1-2-11-9(3-7)10-4-8(14)5-12(10)15-11/h1-3,8,15H,4-5,14H2/t8-/m0/s1. The second-order valence-corrected chi connectivity index (χ2v) is 4.12. The van der Waals surface area contributed by atoms with Crippen molar-refractivity contribution in [2.45, 2.75) is 18.9 Å². The Kier molecular flexibility index (Phi) is 1.62. The predicted octanol–water partition coefficient (Wildman–Crippen LogP) is 1.47. The third kappa shape index (κ3) is 1.15. The van der Waals surface area contributed by atoms with E-state index in [1.807, 2.05) is 18.2 Å². The molecule has 15 heavy (non-hydrogen) atoms. The highest BCUT2D eigenvalue weighted by Crippen LogP contribution is 2.29. The van der Waals surface area contributed by atoms with Crippen LogP contribution in [0.15, 0.2) is 18.2 Å². The zero-order valence-corrected chi connectivity index (χ0v) is 8.25. The van der Waals surface area contributed by atoms with Crippen LogP contribution in [0.25, 0.3) is 10.9 Å². The van der Waals surface area contributed by atoms with Crippen molar-refractivity contribution in [2.75, 3.05) is 0 Å². The van der Waals surface area contributed by atoms with Crippen LogP contribution in [0.1, 0.15) is 16.8 Å². The molecule has 0 saturated carbocycles. The first-order chi connectivity index (χ1) is 7.28. The quantitative estimate of drug-likeness (QED) is 0.671. The zero-order chi connectivity index (χ0) is 10.4. The Morgan fingerprint density at radius 3 is 3.07 bits per heavy atom. The van der Waals surface area contributed by atoms with Crippen LogP contribution < -0.4 is 5.73 Å². The summed E-state index contributed by atoms with van der Waals surface area (Å²) in [6, 6.07) is 8.16. The number of aromatic nitrogens is 1. The molecule has 1 aliphatic carbocycles. The number of hydrogen-bond acceptors (Lipinski definition) is 2. The molecule has 1 aromatic heterocycles. The lowest BCUT2D eigenvalue weighted by Crippen LogP contribution is -2.19. The van der Waals surface area contributed by atoms with Gasteiger partial charge in [0.05, 0.1) is 11.6 Å². The van der Waals surface area contributed by atoms with Gasteiger partial charge in [-0.3, -0.25) is 0 Å². The minimum absolute atomic E-state index is 0.237. The van der Waals surface area contributed by atoms with E-state index in [2.05, 4.69) is 11.1 Å². The van der Waals surface area contributed by atoms with Crippen molar-refractivity contribution in [3.05, 3.63) is 35.0 Å². The highest BCUT2D eigenvalue weighted by Gasteiger charge is 2.22. The molecule has 0 unspecified atom stereocenters. The van der Waals surface area contributed by atoms with E-state index < -0.39 is 0 Å². The van der Waals surface area contributed by atoms with E-state index in [4.69, 9.17) is 11.0 Å². The molecule has 1 aromatic carbocycles. The van der Waals surface area contributed by atoms with Crippen molar-refractivity contribution < 1.29 is 0 Å². The summed E-state index contributed by atoms with van der Waals surface area (Å²) in [6.45, 7) is 0. The minimum atomic E-state index is 0.237. The van der Waals surface area contributed by atoms with Gasteiger partial charge in [0.25, 0.3) is 0 Å². The van der Waals surface area contributed by atoms with Gasteiger partial charge in [0, 0.05) is 29.1 Å². The lowest BCUT2D eigenvalue weighted by Gasteiger charge is -1.99. The maximum atomic E-state index is 8.85. The average molecular weight is 197 g/mol. The number of H-pyrrole nitrogens is 1. The van der Waals surface area contributed by atoms with E-state index in [0.29, 0.717) is 5.56 Å². The summed E-state index contributed by atoms with van der Waals surface area (Å²) in [4.78, 5) is 3.37. The second-order valence-electron chi connectivity index (χ2n) is 4.12. The lowest BCUT2D eigenvalue weighted by atomic mass is 10.1. The molecule has 74 valence electrons. The van der Waals surface area contributed by atoms with E-state index >= 15 is 0 Å². The Morgan fingerprint density at radius 2 is 2.27 bits per heavy atom. The van der Waals surface area contributed by atoms with E-state index in [1.165, 1.54) is 11.3 Å². The predicted molar refractivity (Wildman–Crippen MR) is 58.4 cm³/mol. The highest BCUT2D eigenvalue weighted by molar-refractivity contribution is 5.86. The minimum Gasteiger partial charge on any atom is -0.358 e. The summed E-state index contributed by atoms with van der Waals surface area (Å²) in [6.07, 6.45) is 1.84. The van der Waals surface area contributed by atoms with Crippen LogP contribution >= 0.6 is 0 Å². The molecule has 1 atom stereocenters. The monoisotopic (exact) mass is 197 g/mol. The second kappa shape index (κ2) is 2.85. The molecular weight excluding hydrogens is 186 g/mol. The third-order valence-corrected chi connectivity index (χ3v) is 3.06. The fraction of sp³-hybridized carbons (Fsp3) is 0.250. The summed E-state index contributed by atoms with van der Waals surface area (Å²) >= 11 is 0. The van der Waals surface area contributed by atoms with Gasteiger partial charge >= 0.3 is 0 Å². The molecular formula is C12H11N3. The fourth-order valence-corrected chi connectivity index (χ4v) is 2.38. The van der Waals surface area contributed by atoms with Crippen molar-refractivity contribution in [3.63, 3.8) is 0 Å². The Bertz CT molecular complexity index is 574. The van der Waals surface area contributed by atoms with E-state index in [9.17, 15) is 0 Å². The first-order valence-corrected chi connectivity index (χ1v) is 5.07.